The lowest BCUT2D eigenvalue weighted by molar-refractivity contribution is 0.102. The first-order valence-electron chi connectivity index (χ1n) is 10.6. The number of thiazole rings is 1. The van der Waals surface area contributed by atoms with Gasteiger partial charge in [-0.3, -0.25) is 10.1 Å². The monoisotopic (exact) mass is 457 g/mol. The van der Waals surface area contributed by atoms with E-state index in [0.717, 1.165) is 23.1 Å². The maximum atomic E-state index is 12.9. The van der Waals surface area contributed by atoms with E-state index in [1.54, 1.807) is 12.1 Å². The first-order chi connectivity index (χ1) is 14.7. The first kappa shape index (κ1) is 21.9. The summed E-state index contributed by atoms with van der Waals surface area (Å²) in [6, 6.07) is 12.3. The second-order valence-electron chi connectivity index (χ2n) is 8.47. The van der Waals surface area contributed by atoms with Crippen molar-refractivity contribution in [3.05, 3.63) is 53.6 Å². The van der Waals surface area contributed by atoms with E-state index < -0.39 is 10.0 Å². The number of fused-ring (bicyclic) bond motifs is 1. The standard InChI is InChI=1S/C23H27N3O3S2/c1-15(2)18-6-9-20-21(14-18)30-23(24-20)25-22(27)17-4-7-19(8-5-17)31(28,29)26-12-10-16(3)11-13-26/h4-9,14-16H,10-13H2,1-3H3,(H,24,25,27). The molecule has 3 aromatic rings. The zero-order valence-electron chi connectivity index (χ0n) is 18.0. The van der Waals surface area contributed by atoms with E-state index in [2.05, 4.69) is 43.2 Å². The number of sulfonamides is 1. The van der Waals surface area contributed by atoms with Crippen LogP contribution in [0.5, 0.6) is 0 Å². The predicted molar refractivity (Wildman–Crippen MR) is 125 cm³/mol. The summed E-state index contributed by atoms with van der Waals surface area (Å²) < 4.78 is 28.3. The van der Waals surface area contributed by atoms with Gasteiger partial charge >= 0.3 is 0 Å². The van der Waals surface area contributed by atoms with Crippen LogP contribution in [-0.4, -0.2) is 36.7 Å². The highest BCUT2D eigenvalue weighted by atomic mass is 32.2. The van der Waals surface area contributed by atoms with Crippen molar-refractivity contribution in [2.45, 2.75) is 44.4 Å². The van der Waals surface area contributed by atoms with Crippen molar-refractivity contribution < 1.29 is 13.2 Å². The molecule has 164 valence electrons. The highest BCUT2D eigenvalue weighted by molar-refractivity contribution is 7.89. The van der Waals surface area contributed by atoms with E-state index in [-0.39, 0.29) is 10.8 Å². The van der Waals surface area contributed by atoms with Gasteiger partial charge in [-0.25, -0.2) is 13.4 Å². The van der Waals surface area contributed by atoms with Gasteiger partial charge in [0.25, 0.3) is 5.91 Å². The second-order valence-corrected chi connectivity index (χ2v) is 11.4. The molecule has 8 heteroatoms. The molecule has 1 fully saturated rings. The molecule has 0 aliphatic carbocycles. The molecule has 4 rings (SSSR count). The molecule has 6 nitrogen and oxygen atoms in total. The van der Waals surface area contributed by atoms with Gasteiger partial charge in [-0.05, 0) is 66.6 Å². The number of hydrogen-bond acceptors (Lipinski definition) is 5. The minimum Gasteiger partial charge on any atom is -0.298 e. The normalized spacial score (nSPS) is 16.1. The lowest BCUT2D eigenvalue weighted by Crippen LogP contribution is -2.37. The second kappa shape index (κ2) is 8.68. The largest absolute Gasteiger partial charge is 0.298 e. The summed E-state index contributed by atoms with van der Waals surface area (Å²) in [7, 11) is -3.52. The summed E-state index contributed by atoms with van der Waals surface area (Å²) in [4.78, 5) is 17.4. The van der Waals surface area contributed by atoms with E-state index in [0.29, 0.717) is 35.6 Å². The van der Waals surface area contributed by atoms with Gasteiger partial charge in [0, 0.05) is 18.7 Å². The number of piperidine rings is 1. The number of aromatic nitrogens is 1. The summed E-state index contributed by atoms with van der Waals surface area (Å²) in [5, 5.41) is 3.36. The van der Waals surface area contributed by atoms with Gasteiger partial charge < -0.3 is 0 Å². The lowest BCUT2D eigenvalue weighted by atomic mass is 10.0. The highest BCUT2D eigenvalue weighted by Gasteiger charge is 2.28. The average Bonchev–Trinajstić information content (AvgIpc) is 3.15. The Morgan fingerprint density at radius 1 is 1.13 bits per heavy atom. The van der Waals surface area contributed by atoms with Gasteiger partial charge in [0.05, 0.1) is 15.1 Å². The molecule has 31 heavy (non-hydrogen) atoms. The Kier molecular flexibility index (Phi) is 6.14. The smallest absolute Gasteiger partial charge is 0.257 e. The number of carbonyl (C=O) groups is 1. The van der Waals surface area contributed by atoms with Gasteiger partial charge in [-0.1, -0.05) is 38.2 Å². The molecule has 0 spiro atoms. The molecule has 1 saturated heterocycles. The fourth-order valence-electron chi connectivity index (χ4n) is 3.68. The number of nitrogens with zero attached hydrogens (tertiary/aromatic N) is 2. The van der Waals surface area contributed by atoms with E-state index >= 15 is 0 Å². The van der Waals surface area contributed by atoms with Crippen molar-refractivity contribution >= 4 is 42.6 Å². The Labute approximate surface area is 187 Å². The number of anilines is 1. The molecular weight excluding hydrogens is 430 g/mol. The summed E-state index contributed by atoms with van der Waals surface area (Å²) in [5.74, 6) is 0.670. The van der Waals surface area contributed by atoms with Crippen LogP contribution < -0.4 is 5.32 Å². The molecule has 2 heterocycles. The van der Waals surface area contributed by atoms with Crippen molar-refractivity contribution in [2.24, 2.45) is 5.92 Å². The van der Waals surface area contributed by atoms with Crippen LogP contribution in [0.2, 0.25) is 0 Å². The maximum absolute atomic E-state index is 12.9. The van der Waals surface area contributed by atoms with Gasteiger partial charge in [-0.2, -0.15) is 4.31 Å². The van der Waals surface area contributed by atoms with Crippen LogP contribution in [0.1, 0.15) is 55.5 Å². The SMILES string of the molecule is CC1CCN(S(=O)(=O)c2ccc(C(=O)Nc3nc4ccc(C(C)C)cc4s3)cc2)CC1. The van der Waals surface area contributed by atoms with Crippen molar-refractivity contribution in [1.82, 2.24) is 9.29 Å². The van der Waals surface area contributed by atoms with E-state index in [4.69, 9.17) is 0 Å². The first-order valence-corrected chi connectivity index (χ1v) is 12.8. The number of amides is 1. The van der Waals surface area contributed by atoms with Crippen LogP contribution >= 0.6 is 11.3 Å². The molecule has 1 aliphatic rings. The molecule has 1 aromatic heterocycles. The van der Waals surface area contributed by atoms with E-state index in [1.807, 2.05) is 6.07 Å². The molecule has 1 amide bonds. The van der Waals surface area contributed by atoms with Crippen LogP contribution in [0.15, 0.2) is 47.4 Å². The Hall–Kier alpha value is -2.29. The number of rotatable bonds is 5. The summed E-state index contributed by atoms with van der Waals surface area (Å²) >= 11 is 1.43. The van der Waals surface area contributed by atoms with E-state index in [1.165, 1.54) is 33.3 Å². The number of benzene rings is 2. The van der Waals surface area contributed by atoms with Crippen molar-refractivity contribution in [3.63, 3.8) is 0 Å². The molecule has 2 aromatic carbocycles. The summed E-state index contributed by atoms with van der Waals surface area (Å²) in [5.41, 5.74) is 2.48. The molecular formula is C23H27N3O3S2. The zero-order valence-corrected chi connectivity index (χ0v) is 19.6. The molecule has 0 bridgehead atoms. The molecule has 0 radical (unpaired) electrons. The number of hydrogen-bond donors (Lipinski definition) is 1. The maximum Gasteiger partial charge on any atom is 0.257 e. The summed E-state index contributed by atoms with van der Waals surface area (Å²) in [6.45, 7) is 7.51. The lowest BCUT2D eigenvalue weighted by Gasteiger charge is -2.29. The third-order valence-corrected chi connectivity index (χ3v) is 8.64. The minimum atomic E-state index is -3.52. The topological polar surface area (TPSA) is 79.4 Å². The number of nitrogens with one attached hydrogen (secondary N) is 1. The van der Waals surface area contributed by atoms with Gasteiger partial charge in [0.2, 0.25) is 10.0 Å². The highest BCUT2D eigenvalue weighted by Crippen LogP contribution is 2.29. The Morgan fingerprint density at radius 3 is 2.45 bits per heavy atom. The quantitative estimate of drug-likeness (QED) is 0.579. The van der Waals surface area contributed by atoms with Crippen molar-refractivity contribution in [2.75, 3.05) is 18.4 Å². The predicted octanol–water partition coefficient (Wildman–Crippen LogP) is 5.09. The summed E-state index contributed by atoms with van der Waals surface area (Å²) in [6.07, 6.45) is 1.75. The Morgan fingerprint density at radius 2 is 1.81 bits per heavy atom. The van der Waals surface area contributed by atoms with Crippen LogP contribution in [0.4, 0.5) is 5.13 Å². The zero-order chi connectivity index (χ0) is 22.2. The van der Waals surface area contributed by atoms with Crippen LogP contribution in [0.25, 0.3) is 10.2 Å². The Balaban J connectivity index is 1.48. The van der Waals surface area contributed by atoms with Crippen LogP contribution in [0, 0.1) is 5.92 Å². The fourth-order valence-corrected chi connectivity index (χ4v) is 6.05. The Bertz CT molecular complexity index is 1190. The minimum absolute atomic E-state index is 0.222. The average molecular weight is 458 g/mol. The van der Waals surface area contributed by atoms with Crippen molar-refractivity contribution in [3.8, 4) is 0 Å². The molecule has 0 saturated carbocycles. The molecule has 1 N–H and O–H groups in total. The fraction of sp³-hybridized carbons (Fsp3) is 0.391. The van der Waals surface area contributed by atoms with Gasteiger partial charge in [0.15, 0.2) is 5.13 Å². The molecule has 0 atom stereocenters. The van der Waals surface area contributed by atoms with Crippen LogP contribution in [-0.2, 0) is 10.0 Å². The van der Waals surface area contributed by atoms with E-state index in [9.17, 15) is 13.2 Å². The third kappa shape index (κ3) is 4.66. The molecule has 0 unspecified atom stereocenters. The van der Waals surface area contributed by atoms with Crippen molar-refractivity contribution in [1.29, 1.82) is 0 Å². The third-order valence-electron chi connectivity index (χ3n) is 5.80. The molecule has 1 aliphatic heterocycles. The van der Waals surface area contributed by atoms with Gasteiger partial charge in [0.1, 0.15) is 0 Å². The van der Waals surface area contributed by atoms with Crippen LogP contribution in [0.3, 0.4) is 0 Å². The number of carbonyl (C=O) groups excluding carboxylic acids is 1. The van der Waals surface area contributed by atoms with Gasteiger partial charge in [-0.15, -0.1) is 0 Å².